The highest BCUT2D eigenvalue weighted by Crippen LogP contribution is 2.63. The number of nitrogens with one attached hydrogen (secondary N) is 2. The number of benzene rings is 2. The van der Waals surface area contributed by atoms with Crippen LogP contribution < -0.4 is 15.4 Å². The van der Waals surface area contributed by atoms with E-state index in [1.54, 1.807) is 26.3 Å². The van der Waals surface area contributed by atoms with Gasteiger partial charge in [-0.2, -0.15) is 0 Å². The Kier molecular flexibility index (Phi) is 11.8. The van der Waals surface area contributed by atoms with Gasteiger partial charge in [0.2, 0.25) is 5.91 Å². The number of anilines is 1. The molecule has 4 aromatic rings. The van der Waals surface area contributed by atoms with Crippen molar-refractivity contribution in [3.8, 4) is 28.1 Å². The summed E-state index contributed by atoms with van der Waals surface area (Å²) < 4.78 is 12.9. The number of aromatic nitrogens is 3. The van der Waals surface area contributed by atoms with E-state index in [4.69, 9.17) is 37.7 Å². The van der Waals surface area contributed by atoms with Gasteiger partial charge in [0.05, 0.1) is 46.8 Å². The van der Waals surface area contributed by atoms with Gasteiger partial charge in [-0.3, -0.25) is 24.3 Å². The number of carbonyl (C=O) groups excluding carboxylic acids is 3. The van der Waals surface area contributed by atoms with Crippen LogP contribution in [0.25, 0.3) is 22.4 Å². The second kappa shape index (κ2) is 16.9. The standard InChI is InChI=1S/C45H53Cl2N7O5/c1-28(55)54-21-11-31(12-22-54)49-25-30-9-8-29(24-37(30)58-3)40-39(47)33(10-19-48-40)32-6-5-7-34(38(32)46)51-42(56)41-50-35-26-53(20-13-36(35)52(41)2)23-18-44-14-16-45(27-44,17-15-44)43(57)59-4/h5-10,19,24,31,49H,11-18,20-23,25-27H2,1-4H3,(H,51,56). The molecule has 2 N–H and O–H groups in total. The molecule has 2 aliphatic carbocycles. The molecule has 1 saturated heterocycles. The summed E-state index contributed by atoms with van der Waals surface area (Å²) in [5, 5.41) is 7.42. The van der Waals surface area contributed by atoms with E-state index in [2.05, 4.69) is 20.5 Å². The predicted octanol–water partition coefficient (Wildman–Crippen LogP) is 7.69. The Morgan fingerprint density at radius 2 is 1.73 bits per heavy atom. The number of fused-ring (bicyclic) bond motifs is 3. The zero-order valence-corrected chi connectivity index (χ0v) is 35.8. The molecule has 2 amide bonds. The molecular formula is C45H53Cl2N7O5. The van der Waals surface area contributed by atoms with Gasteiger partial charge in [0, 0.05) is 93.3 Å². The van der Waals surface area contributed by atoms with Gasteiger partial charge < -0.3 is 29.6 Å². The van der Waals surface area contributed by atoms with Crippen molar-refractivity contribution in [2.24, 2.45) is 17.9 Å². The number of imidazole rings is 1. The van der Waals surface area contributed by atoms with Crippen molar-refractivity contribution >= 4 is 46.7 Å². The third kappa shape index (κ3) is 8.09. The van der Waals surface area contributed by atoms with E-state index < -0.39 is 0 Å². The zero-order chi connectivity index (χ0) is 41.5. The van der Waals surface area contributed by atoms with E-state index in [9.17, 15) is 14.4 Å². The smallest absolute Gasteiger partial charge is 0.311 e. The highest BCUT2D eigenvalue weighted by molar-refractivity contribution is 6.39. The first-order valence-electron chi connectivity index (χ1n) is 20.7. The summed E-state index contributed by atoms with van der Waals surface area (Å²) in [4.78, 5) is 51.9. The summed E-state index contributed by atoms with van der Waals surface area (Å²) in [6.45, 7) is 6.30. The maximum Gasteiger partial charge on any atom is 0.311 e. The average molecular weight is 843 g/mol. The lowest BCUT2D eigenvalue weighted by atomic mass is 9.80. The molecule has 14 heteroatoms. The fourth-order valence-electron chi connectivity index (χ4n) is 10.1. The van der Waals surface area contributed by atoms with Crippen LogP contribution in [0.2, 0.25) is 10.0 Å². The molecular weight excluding hydrogens is 789 g/mol. The fourth-order valence-corrected chi connectivity index (χ4v) is 10.7. The molecule has 59 heavy (non-hydrogen) atoms. The van der Waals surface area contributed by atoms with Crippen molar-refractivity contribution in [3.05, 3.63) is 81.5 Å². The van der Waals surface area contributed by atoms with E-state index in [1.165, 1.54) is 7.11 Å². The summed E-state index contributed by atoms with van der Waals surface area (Å²) in [6, 6.07) is 13.6. The van der Waals surface area contributed by atoms with Crippen molar-refractivity contribution in [1.29, 1.82) is 0 Å². The van der Waals surface area contributed by atoms with Crippen LogP contribution in [0.3, 0.4) is 0 Å². The van der Waals surface area contributed by atoms with Crippen molar-refractivity contribution in [3.63, 3.8) is 0 Å². The summed E-state index contributed by atoms with van der Waals surface area (Å²) >= 11 is 14.1. The fraction of sp³-hybridized carbons (Fsp3) is 0.489. The molecule has 4 aliphatic rings. The quantitative estimate of drug-likeness (QED) is 0.138. The first-order valence-corrected chi connectivity index (χ1v) is 21.4. The SMILES string of the molecule is COC(=O)C12CCC(CCN3CCc4c(nc(C(=O)Nc5cccc(-c6ccnc(-c7ccc(CNC8CCN(C(C)=O)CC8)c(OC)c7)c6Cl)c5Cl)n4C)C3)(CC1)C2. The highest BCUT2D eigenvalue weighted by atomic mass is 35.5. The number of ether oxygens (including phenoxy) is 2. The molecule has 2 saturated carbocycles. The average Bonchev–Trinajstić information content (AvgIpc) is 3.93. The van der Waals surface area contributed by atoms with Gasteiger partial charge >= 0.3 is 5.97 Å². The topological polar surface area (TPSA) is 131 Å². The molecule has 2 aromatic heterocycles. The van der Waals surface area contributed by atoms with E-state index in [1.807, 2.05) is 52.9 Å². The van der Waals surface area contributed by atoms with Gasteiger partial charge in [0.1, 0.15) is 5.75 Å². The van der Waals surface area contributed by atoms with Crippen molar-refractivity contribution < 1.29 is 23.9 Å². The molecule has 4 heterocycles. The first kappa shape index (κ1) is 41.3. The minimum atomic E-state index is -0.341. The normalized spacial score (nSPS) is 21.7. The largest absolute Gasteiger partial charge is 0.496 e. The van der Waals surface area contributed by atoms with E-state index in [-0.39, 0.29) is 28.6 Å². The molecule has 12 nitrogen and oxygen atoms in total. The second-order valence-corrected chi connectivity index (χ2v) is 17.7. The van der Waals surface area contributed by atoms with E-state index in [0.717, 1.165) is 112 Å². The molecule has 0 spiro atoms. The number of amides is 2. The number of methoxy groups -OCH3 is 2. The van der Waals surface area contributed by atoms with Crippen LogP contribution in [0, 0.1) is 10.8 Å². The number of halogens is 2. The lowest BCUT2D eigenvalue weighted by Gasteiger charge is -2.32. The molecule has 2 aliphatic heterocycles. The molecule has 8 rings (SSSR count). The Morgan fingerprint density at radius 1 is 0.966 bits per heavy atom. The van der Waals surface area contributed by atoms with Crippen LogP contribution >= 0.6 is 23.2 Å². The number of likely N-dealkylation sites (tertiary alicyclic amines) is 1. The van der Waals surface area contributed by atoms with Gasteiger partial charge in [-0.25, -0.2) is 4.98 Å². The number of rotatable bonds is 12. The molecule has 3 fully saturated rings. The van der Waals surface area contributed by atoms with E-state index in [0.29, 0.717) is 57.5 Å². The van der Waals surface area contributed by atoms with Gasteiger partial charge in [-0.1, -0.05) is 47.5 Å². The molecule has 2 bridgehead atoms. The number of pyridine rings is 1. The van der Waals surface area contributed by atoms with Gasteiger partial charge in [-0.15, -0.1) is 0 Å². The third-order valence-corrected chi connectivity index (χ3v) is 14.4. The molecule has 0 unspecified atom stereocenters. The Hall–Kier alpha value is -4.49. The Labute approximate surface area is 355 Å². The van der Waals surface area contributed by atoms with Crippen molar-refractivity contribution in [2.75, 3.05) is 45.7 Å². The molecule has 0 atom stereocenters. The zero-order valence-electron chi connectivity index (χ0n) is 34.3. The number of carbonyl (C=O) groups is 3. The van der Waals surface area contributed by atoms with Crippen LogP contribution in [-0.4, -0.2) is 88.6 Å². The molecule has 312 valence electrons. The number of piperidine rings is 1. The highest BCUT2D eigenvalue weighted by Gasteiger charge is 2.58. The second-order valence-electron chi connectivity index (χ2n) is 16.9. The number of hydrogen-bond donors (Lipinski definition) is 2. The minimum absolute atomic E-state index is 0.0363. The Morgan fingerprint density at radius 3 is 2.46 bits per heavy atom. The third-order valence-electron chi connectivity index (χ3n) is 13.6. The maximum absolute atomic E-state index is 13.8. The summed E-state index contributed by atoms with van der Waals surface area (Å²) in [5.74, 6) is 0.802. The Balaban J connectivity index is 0.929. The van der Waals surface area contributed by atoms with Crippen LogP contribution in [0.1, 0.15) is 85.9 Å². The van der Waals surface area contributed by atoms with Crippen LogP contribution in [0.4, 0.5) is 5.69 Å². The molecule has 0 radical (unpaired) electrons. The number of nitrogens with zero attached hydrogens (tertiary/aromatic N) is 5. The Bertz CT molecular complexity index is 2260. The first-order chi connectivity index (χ1) is 28.4. The maximum atomic E-state index is 13.8. The van der Waals surface area contributed by atoms with Crippen LogP contribution in [0.15, 0.2) is 48.7 Å². The summed E-state index contributed by atoms with van der Waals surface area (Å²) in [5.41, 5.74) is 6.10. The monoisotopic (exact) mass is 841 g/mol. The van der Waals surface area contributed by atoms with Gasteiger partial charge in [-0.05, 0) is 81.5 Å². The summed E-state index contributed by atoms with van der Waals surface area (Å²) in [6.07, 6.45) is 10.4. The van der Waals surface area contributed by atoms with Crippen molar-refractivity contribution in [1.82, 2.24) is 29.7 Å². The minimum Gasteiger partial charge on any atom is -0.496 e. The van der Waals surface area contributed by atoms with Crippen molar-refractivity contribution in [2.45, 2.75) is 83.8 Å². The lowest BCUT2D eigenvalue weighted by molar-refractivity contribution is -0.152. The summed E-state index contributed by atoms with van der Waals surface area (Å²) in [7, 11) is 5.05. The predicted molar refractivity (Wildman–Crippen MR) is 229 cm³/mol. The number of hydrogen-bond acceptors (Lipinski definition) is 9. The number of esters is 1. The van der Waals surface area contributed by atoms with Gasteiger partial charge in [0.25, 0.3) is 5.91 Å². The van der Waals surface area contributed by atoms with Crippen LogP contribution in [-0.2, 0) is 40.9 Å². The van der Waals surface area contributed by atoms with E-state index >= 15 is 0 Å². The lowest BCUT2D eigenvalue weighted by Crippen LogP contribution is -2.43. The van der Waals surface area contributed by atoms with Gasteiger partial charge in [0.15, 0.2) is 5.82 Å². The molecule has 2 aromatic carbocycles. The van der Waals surface area contributed by atoms with Crippen LogP contribution in [0.5, 0.6) is 5.75 Å².